The van der Waals surface area contributed by atoms with Gasteiger partial charge in [0.2, 0.25) is 0 Å². The maximum absolute atomic E-state index is 13.3. The van der Waals surface area contributed by atoms with E-state index in [0.717, 1.165) is 12.1 Å². The molecule has 0 bridgehead atoms. The van der Waals surface area contributed by atoms with Crippen molar-refractivity contribution in [2.75, 3.05) is 6.61 Å². The van der Waals surface area contributed by atoms with Gasteiger partial charge < -0.3 is 4.74 Å². The lowest BCUT2D eigenvalue weighted by atomic mass is 10.1. The van der Waals surface area contributed by atoms with Crippen LogP contribution in [0.1, 0.15) is 24.5 Å². The van der Waals surface area contributed by atoms with Crippen molar-refractivity contribution in [2.45, 2.75) is 30.5 Å². The van der Waals surface area contributed by atoms with E-state index in [9.17, 15) is 12.8 Å². The summed E-state index contributed by atoms with van der Waals surface area (Å²) in [6.07, 6.45) is 0.123. The topological polar surface area (TPSA) is 67.2 Å². The van der Waals surface area contributed by atoms with Gasteiger partial charge in [0.1, 0.15) is 5.82 Å². The molecule has 1 aromatic rings. The van der Waals surface area contributed by atoms with E-state index in [0.29, 0.717) is 18.6 Å². The number of sulfone groups is 1. The van der Waals surface area contributed by atoms with Gasteiger partial charge in [-0.3, -0.25) is 0 Å². The molecule has 4 nitrogen and oxygen atoms in total. The summed E-state index contributed by atoms with van der Waals surface area (Å²) in [5.74, 6) is -0.863. The number of nitrogens with zero attached hydrogens (tertiary/aromatic N) is 1. The Hall–Kier alpha value is -1.45. The van der Waals surface area contributed by atoms with Gasteiger partial charge in [0.15, 0.2) is 9.84 Å². The molecule has 0 radical (unpaired) electrons. The molecule has 0 amide bonds. The standard InChI is InChI=1S/C13H14FNO3S/c1-9-13(2-3-18-9)19(16,17)8-11-4-10(7-15)5-12(14)6-11/h4-6,9,13H,2-3,8H2,1H3. The Morgan fingerprint density at radius 1 is 1.47 bits per heavy atom. The number of nitriles is 1. The third kappa shape index (κ3) is 3.11. The fourth-order valence-corrected chi connectivity index (χ4v) is 4.28. The van der Waals surface area contributed by atoms with Gasteiger partial charge >= 0.3 is 0 Å². The Morgan fingerprint density at radius 2 is 2.21 bits per heavy atom. The second-order valence-corrected chi connectivity index (χ2v) is 6.89. The van der Waals surface area contributed by atoms with Crippen LogP contribution in [0.3, 0.4) is 0 Å². The second kappa shape index (κ2) is 5.27. The molecular weight excluding hydrogens is 269 g/mol. The molecule has 2 unspecified atom stereocenters. The van der Waals surface area contributed by atoms with Crippen LogP contribution in [0.15, 0.2) is 18.2 Å². The van der Waals surface area contributed by atoms with Crippen LogP contribution in [0.4, 0.5) is 4.39 Å². The lowest BCUT2D eigenvalue weighted by molar-refractivity contribution is 0.126. The largest absolute Gasteiger partial charge is 0.377 e. The molecule has 2 atom stereocenters. The van der Waals surface area contributed by atoms with Gasteiger partial charge in [-0.15, -0.1) is 0 Å². The molecule has 1 aliphatic heterocycles. The maximum atomic E-state index is 13.3. The van der Waals surface area contributed by atoms with Crippen LogP contribution in [0.25, 0.3) is 0 Å². The number of ether oxygens (including phenoxy) is 1. The summed E-state index contributed by atoms with van der Waals surface area (Å²) in [6.45, 7) is 2.15. The van der Waals surface area contributed by atoms with Crippen LogP contribution in [-0.4, -0.2) is 26.4 Å². The molecule has 1 heterocycles. The van der Waals surface area contributed by atoms with E-state index in [2.05, 4.69) is 0 Å². The number of hydrogen-bond acceptors (Lipinski definition) is 4. The normalized spacial score (nSPS) is 23.2. The molecule has 0 saturated carbocycles. The number of rotatable bonds is 3. The molecule has 1 saturated heterocycles. The average Bonchev–Trinajstić information content (AvgIpc) is 2.74. The van der Waals surface area contributed by atoms with E-state index in [-0.39, 0.29) is 17.4 Å². The first-order chi connectivity index (χ1) is 8.92. The lowest BCUT2D eigenvalue weighted by Gasteiger charge is -2.15. The van der Waals surface area contributed by atoms with E-state index < -0.39 is 20.9 Å². The molecule has 19 heavy (non-hydrogen) atoms. The Bertz CT molecular complexity index is 621. The number of hydrogen-bond donors (Lipinski definition) is 0. The molecule has 0 aromatic heterocycles. The van der Waals surface area contributed by atoms with Crippen molar-refractivity contribution in [3.05, 3.63) is 35.1 Å². The van der Waals surface area contributed by atoms with Gasteiger partial charge in [-0.05, 0) is 37.1 Å². The molecule has 1 aromatic carbocycles. The maximum Gasteiger partial charge on any atom is 0.159 e. The Balaban J connectivity index is 2.25. The third-order valence-electron chi connectivity index (χ3n) is 3.22. The van der Waals surface area contributed by atoms with Crippen molar-refractivity contribution < 1.29 is 17.5 Å². The summed E-state index contributed by atoms with van der Waals surface area (Å²) in [6, 6.07) is 5.45. The van der Waals surface area contributed by atoms with Crippen molar-refractivity contribution in [1.82, 2.24) is 0 Å². The molecule has 0 spiro atoms. The van der Waals surface area contributed by atoms with Gasteiger partial charge in [0, 0.05) is 6.61 Å². The highest BCUT2D eigenvalue weighted by atomic mass is 32.2. The molecule has 0 aliphatic carbocycles. The zero-order valence-corrected chi connectivity index (χ0v) is 11.3. The zero-order chi connectivity index (χ0) is 14.0. The van der Waals surface area contributed by atoms with Gasteiger partial charge in [0.05, 0.1) is 28.7 Å². The summed E-state index contributed by atoms with van der Waals surface area (Å²) >= 11 is 0. The van der Waals surface area contributed by atoms with Crippen molar-refractivity contribution in [1.29, 1.82) is 5.26 Å². The lowest BCUT2D eigenvalue weighted by Crippen LogP contribution is -2.29. The summed E-state index contributed by atoms with van der Waals surface area (Å²) in [5.41, 5.74) is 0.427. The van der Waals surface area contributed by atoms with Crippen molar-refractivity contribution in [2.24, 2.45) is 0 Å². The van der Waals surface area contributed by atoms with Crippen molar-refractivity contribution >= 4 is 9.84 Å². The smallest absolute Gasteiger partial charge is 0.159 e. The molecule has 6 heteroatoms. The minimum atomic E-state index is -3.41. The molecule has 1 fully saturated rings. The first-order valence-corrected chi connectivity index (χ1v) is 7.66. The minimum absolute atomic E-state index is 0.126. The molecular formula is C13H14FNO3S. The summed E-state index contributed by atoms with van der Waals surface area (Å²) in [5, 5.41) is 8.20. The average molecular weight is 283 g/mol. The first kappa shape index (κ1) is 14.0. The summed E-state index contributed by atoms with van der Waals surface area (Å²) in [4.78, 5) is 0. The monoisotopic (exact) mass is 283 g/mol. The highest BCUT2D eigenvalue weighted by molar-refractivity contribution is 7.91. The fraction of sp³-hybridized carbons (Fsp3) is 0.462. The predicted molar refractivity (Wildman–Crippen MR) is 67.6 cm³/mol. The van der Waals surface area contributed by atoms with E-state index in [1.54, 1.807) is 6.92 Å². The number of halogens is 1. The molecule has 2 rings (SSSR count). The fourth-order valence-electron chi connectivity index (χ4n) is 2.32. The summed E-state index contributed by atoms with van der Waals surface area (Å²) in [7, 11) is -3.41. The Labute approximate surface area is 111 Å². The predicted octanol–water partition coefficient (Wildman–Crippen LogP) is 1.79. The molecule has 102 valence electrons. The van der Waals surface area contributed by atoms with Crippen LogP contribution < -0.4 is 0 Å². The van der Waals surface area contributed by atoms with Gasteiger partial charge in [-0.1, -0.05) is 0 Å². The van der Waals surface area contributed by atoms with Crippen LogP contribution in [-0.2, 0) is 20.3 Å². The Kier molecular flexibility index (Phi) is 3.88. The third-order valence-corrected chi connectivity index (χ3v) is 5.50. The second-order valence-electron chi connectivity index (χ2n) is 4.67. The van der Waals surface area contributed by atoms with E-state index in [1.165, 1.54) is 6.07 Å². The Morgan fingerprint density at radius 3 is 2.79 bits per heavy atom. The zero-order valence-electron chi connectivity index (χ0n) is 10.5. The minimum Gasteiger partial charge on any atom is -0.377 e. The van der Waals surface area contributed by atoms with Gasteiger partial charge in [-0.2, -0.15) is 5.26 Å². The van der Waals surface area contributed by atoms with Crippen LogP contribution >= 0.6 is 0 Å². The first-order valence-electron chi connectivity index (χ1n) is 5.95. The highest BCUT2D eigenvalue weighted by Gasteiger charge is 2.35. The SMILES string of the molecule is CC1OCCC1S(=O)(=O)Cc1cc(F)cc(C#N)c1. The van der Waals surface area contributed by atoms with Gasteiger partial charge in [-0.25, -0.2) is 12.8 Å². The van der Waals surface area contributed by atoms with E-state index in [4.69, 9.17) is 10.00 Å². The summed E-state index contributed by atoms with van der Waals surface area (Å²) < 4.78 is 43.0. The van der Waals surface area contributed by atoms with Crippen LogP contribution in [0.2, 0.25) is 0 Å². The van der Waals surface area contributed by atoms with Crippen LogP contribution in [0, 0.1) is 17.1 Å². The van der Waals surface area contributed by atoms with Crippen LogP contribution in [0.5, 0.6) is 0 Å². The molecule has 0 N–H and O–H groups in total. The highest BCUT2D eigenvalue weighted by Crippen LogP contribution is 2.24. The van der Waals surface area contributed by atoms with Crippen molar-refractivity contribution in [3.63, 3.8) is 0 Å². The molecule has 1 aliphatic rings. The quantitative estimate of drug-likeness (QED) is 0.848. The van der Waals surface area contributed by atoms with Crippen molar-refractivity contribution in [3.8, 4) is 6.07 Å². The van der Waals surface area contributed by atoms with Gasteiger partial charge in [0.25, 0.3) is 0 Å². The number of benzene rings is 1. The van der Waals surface area contributed by atoms with E-state index >= 15 is 0 Å². The van der Waals surface area contributed by atoms with E-state index in [1.807, 2.05) is 6.07 Å².